The normalized spacial score (nSPS) is 20.5. The second kappa shape index (κ2) is 7.66. The molecule has 1 aliphatic heterocycles. The quantitative estimate of drug-likeness (QED) is 0.601. The standard InChI is InChI=1S/C20H23N5O3S2/c1-13-10-14(2)25-18(21-13)22-19(24-25)29-11-15-6-4-5-7-16(15)17(26)23-20(3)8-9-30(27,28)12-20/h4-7,10H,8-9,11-12H2,1-3H3,(H,23,26)/t20-/m0/s1. The lowest BCUT2D eigenvalue weighted by atomic mass is 10.0. The number of thioether (sulfide) groups is 1. The van der Waals surface area contributed by atoms with E-state index in [-0.39, 0.29) is 17.4 Å². The van der Waals surface area contributed by atoms with Crippen molar-refractivity contribution in [1.29, 1.82) is 0 Å². The Labute approximate surface area is 179 Å². The van der Waals surface area contributed by atoms with Crippen LogP contribution >= 0.6 is 11.8 Å². The van der Waals surface area contributed by atoms with Crippen LogP contribution in [0.3, 0.4) is 0 Å². The van der Waals surface area contributed by atoms with Gasteiger partial charge in [-0.15, -0.1) is 5.10 Å². The first-order valence-corrected chi connectivity index (χ1v) is 12.4. The van der Waals surface area contributed by atoms with Crippen LogP contribution in [-0.4, -0.2) is 51.0 Å². The van der Waals surface area contributed by atoms with Gasteiger partial charge in [-0.3, -0.25) is 4.79 Å². The van der Waals surface area contributed by atoms with E-state index in [1.54, 1.807) is 23.6 Å². The zero-order chi connectivity index (χ0) is 21.5. The number of hydrogen-bond donors (Lipinski definition) is 1. The number of benzene rings is 1. The van der Waals surface area contributed by atoms with E-state index in [2.05, 4.69) is 20.4 Å². The summed E-state index contributed by atoms with van der Waals surface area (Å²) in [7, 11) is -3.10. The summed E-state index contributed by atoms with van der Waals surface area (Å²) >= 11 is 1.43. The van der Waals surface area contributed by atoms with Crippen LogP contribution in [0.25, 0.3) is 5.78 Å². The van der Waals surface area contributed by atoms with Crippen molar-refractivity contribution < 1.29 is 13.2 Å². The van der Waals surface area contributed by atoms with E-state index in [4.69, 9.17) is 0 Å². The molecular weight excluding hydrogens is 422 g/mol. The van der Waals surface area contributed by atoms with Crippen molar-refractivity contribution in [3.63, 3.8) is 0 Å². The molecule has 0 aliphatic carbocycles. The highest BCUT2D eigenvalue weighted by atomic mass is 32.2. The molecule has 4 rings (SSSR count). The average molecular weight is 446 g/mol. The number of aromatic nitrogens is 4. The lowest BCUT2D eigenvalue weighted by Crippen LogP contribution is -2.47. The van der Waals surface area contributed by atoms with E-state index in [1.165, 1.54) is 11.8 Å². The largest absolute Gasteiger partial charge is 0.346 e. The number of rotatable bonds is 5. The first-order chi connectivity index (χ1) is 14.1. The van der Waals surface area contributed by atoms with Gasteiger partial charge in [-0.05, 0) is 44.9 Å². The Morgan fingerprint density at radius 2 is 2.03 bits per heavy atom. The average Bonchev–Trinajstić information content (AvgIpc) is 3.20. The number of carbonyl (C=O) groups is 1. The summed E-state index contributed by atoms with van der Waals surface area (Å²) in [4.78, 5) is 21.8. The fourth-order valence-electron chi connectivity index (χ4n) is 3.67. The molecule has 0 spiro atoms. The Balaban J connectivity index is 1.51. The Morgan fingerprint density at radius 3 is 2.77 bits per heavy atom. The van der Waals surface area contributed by atoms with Crippen molar-refractivity contribution in [2.24, 2.45) is 0 Å². The summed E-state index contributed by atoms with van der Waals surface area (Å²) in [6, 6.07) is 9.26. The molecule has 1 N–H and O–H groups in total. The van der Waals surface area contributed by atoms with Crippen molar-refractivity contribution in [2.45, 2.75) is 43.6 Å². The molecule has 1 amide bonds. The summed E-state index contributed by atoms with van der Waals surface area (Å²) < 4.78 is 25.4. The zero-order valence-corrected chi connectivity index (χ0v) is 18.7. The summed E-state index contributed by atoms with van der Waals surface area (Å²) in [6.45, 7) is 5.65. The van der Waals surface area contributed by atoms with Gasteiger partial charge < -0.3 is 5.32 Å². The number of aryl methyl sites for hydroxylation is 2. The highest BCUT2D eigenvalue weighted by Crippen LogP contribution is 2.26. The Hall–Kier alpha value is -2.46. The Kier molecular flexibility index (Phi) is 5.31. The SMILES string of the molecule is Cc1cc(C)n2nc(SCc3ccccc3C(=O)N[C@@]3(C)CCS(=O)(=O)C3)nc2n1. The monoisotopic (exact) mass is 445 g/mol. The van der Waals surface area contributed by atoms with Crippen LogP contribution in [0.4, 0.5) is 0 Å². The van der Waals surface area contributed by atoms with E-state index in [0.29, 0.717) is 28.7 Å². The van der Waals surface area contributed by atoms with Gasteiger partial charge in [-0.1, -0.05) is 30.0 Å². The smallest absolute Gasteiger partial charge is 0.253 e. The molecule has 1 atom stereocenters. The Morgan fingerprint density at radius 1 is 1.27 bits per heavy atom. The van der Waals surface area contributed by atoms with Gasteiger partial charge in [0.15, 0.2) is 9.84 Å². The first-order valence-electron chi connectivity index (χ1n) is 9.59. The van der Waals surface area contributed by atoms with Crippen LogP contribution < -0.4 is 5.32 Å². The molecule has 8 nitrogen and oxygen atoms in total. The maximum absolute atomic E-state index is 12.9. The predicted molar refractivity (Wildman–Crippen MR) is 115 cm³/mol. The van der Waals surface area contributed by atoms with Gasteiger partial charge in [-0.2, -0.15) is 4.98 Å². The molecule has 30 heavy (non-hydrogen) atoms. The molecule has 1 saturated heterocycles. The van der Waals surface area contributed by atoms with Gasteiger partial charge in [0, 0.05) is 22.7 Å². The summed E-state index contributed by atoms with van der Waals surface area (Å²) in [5, 5.41) is 8.00. The lowest BCUT2D eigenvalue weighted by Gasteiger charge is -2.24. The molecule has 1 aromatic carbocycles. The van der Waals surface area contributed by atoms with Crippen molar-refractivity contribution >= 4 is 33.3 Å². The highest BCUT2D eigenvalue weighted by molar-refractivity contribution is 7.98. The molecule has 1 fully saturated rings. The van der Waals surface area contributed by atoms with Crippen molar-refractivity contribution in [3.8, 4) is 0 Å². The first kappa shape index (κ1) is 20.8. The number of hydrogen-bond acceptors (Lipinski definition) is 7. The zero-order valence-electron chi connectivity index (χ0n) is 17.0. The second-order valence-corrected chi connectivity index (χ2v) is 11.1. The van der Waals surface area contributed by atoms with Crippen LogP contribution in [0.2, 0.25) is 0 Å². The van der Waals surface area contributed by atoms with E-state index < -0.39 is 15.4 Å². The summed E-state index contributed by atoms with van der Waals surface area (Å²) in [5.74, 6) is 0.874. The highest BCUT2D eigenvalue weighted by Gasteiger charge is 2.39. The molecule has 0 radical (unpaired) electrons. The minimum Gasteiger partial charge on any atom is -0.346 e. The molecule has 0 unspecified atom stereocenters. The molecule has 3 aromatic rings. The van der Waals surface area contributed by atoms with Gasteiger partial charge in [-0.25, -0.2) is 17.9 Å². The number of nitrogens with one attached hydrogen (secondary N) is 1. The third-order valence-electron chi connectivity index (χ3n) is 5.14. The van der Waals surface area contributed by atoms with E-state index in [9.17, 15) is 13.2 Å². The molecule has 2 aromatic heterocycles. The maximum Gasteiger partial charge on any atom is 0.253 e. The number of sulfone groups is 1. The summed E-state index contributed by atoms with van der Waals surface area (Å²) in [5.41, 5.74) is 2.47. The van der Waals surface area contributed by atoms with Crippen LogP contribution in [0.1, 0.15) is 40.7 Å². The number of carbonyl (C=O) groups excluding carboxylic acids is 1. The van der Waals surface area contributed by atoms with E-state index >= 15 is 0 Å². The minimum atomic E-state index is -3.10. The summed E-state index contributed by atoms with van der Waals surface area (Å²) in [6.07, 6.45) is 0.426. The molecule has 10 heteroatoms. The number of fused-ring (bicyclic) bond motifs is 1. The fraction of sp³-hybridized carbons (Fsp3) is 0.400. The van der Waals surface area contributed by atoms with E-state index in [1.807, 2.05) is 32.0 Å². The van der Waals surface area contributed by atoms with Crippen LogP contribution in [-0.2, 0) is 15.6 Å². The van der Waals surface area contributed by atoms with Crippen LogP contribution in [0.5, 0.6) is 0 Å². The second-order valence-electron chi connectivity index (χ2n) is 7.95. The van der Waals surface area contributed by atoms with Crippen molar-refractivity contribution in [1.82, 2.24) is 24.9 Å². The number of nitrogens with zero attached hydrogens (tertiary/aromatic N) is 4. The topological polar surface area (TPSA) is 106 Å². The predicted octanol–water partition coefficient (Wildman–Crippen LogP) is 2.34. The van der Waals surface area contributed by atoms with Crippen LogP contribution in [0, 0.1) is 13.8 Å². The van der Waals surface area contributed by atoms with Crippen LogP contribution in [0.15, 0.2) is 35.5 Å². The maximum atomic E-state index is 12.9. The fourth-order valence-corrected chi connectivity index (χ4v) is 6.58. The third-order valence-corrected chi connectivity index (χ3v) is 7.93. The third kappa shape index (κ3) is 4.34. The van der Waals surface area contributed by atoms with Gasteiger partial charge in [0.05, 0.1) is 17.0 Å². The molecular formula is C20H23N5O3S2. The molecule has 0 bridgehead atoms. The van der Waals surface area contributed by atoms with Gasteiger partial charge in [0.2, 0.25) is 5.16 Å². The van der Waals surface area contributed by atoms with Crippen molar-refractivity contribution in [3.05, 3.63) is 52.8 Å². The molecule has 0 saturated carbocycles. The van der Waals surface area contributed by atoms with Gasteiger partial charge in [0.25, 0.3) is 11.7 Å². The minimum absolute atomic E-state index is 0.0282. The van der Waals surface area contributed by atoms with E-state index in [0.717, 1.165) is 17.0 Å². The molecule has 1 aliphatic rings. The number of amides is 1. The van der Waals surface area contributed by atoms with Gasteiger partial charge >= 0.3 is 0 Å². The molecule has 3 heterocycles. The van der Waals surface area contributed by atoms with Crippen molar-refractivity contribution in [2.75, 3.05) is 11.5 Å². The Bertz CT molecular complexity index is 1240. The van der Waals surface area contributed by atoms with Gasteiger partial charge in [0.1, 0.15) is 0 Å². The lowest BCUT2D eigenvalue weighted by molar-refractivity contribution is 0.0914. The molecule has 158 valence electrons.